The third-order valence-electron chi connectivity index (χ3n) is 5.01. The van der Waals surface area contributed by atoms with Crippen LogP contribution in [-0.4, -0.2) is 29.8 Å². The van der Waals surface area contributed by atoms with Gasteiger partial charge in [0.2, 0.25) is 0 Å². The Labute approximate surface area is 203 Å². The minimum atomic E-state index is -1.04. The molecule has 0 spiro atoms. The topological polar surface area (TPSA) is 68.7 Å². The lowest BCUT2D eigenvalue weighted by molar-refractivity contribution is -0.131. The first-order valence-electron chi connectivity index (χ1n) is 11.0. The van der Waals surface area contributed by atoms with E-state index in [1.54, 1.807) is 24.9 Å². The smallest absolute Gasteiger partial charge is 0.328 e. The van der Waals surface area contributed by atoms with Crippen molar-refractivity contribution in [1.82, 2.24) is 4.98 Å². The highest BCUT2D eigenvalue weighted by Crippen LogP contribution is 2.23. The number of nitrogens with zero attached hydrogens (tertiary/aromatic N) is 1. The third kappa shape index (κ3) is 8.56. The molecule has 3 rings (SSSR count). The Balaban J connectivity index is 1.52. The molecule has 3 aromatic rings. The molecule has 0 unspecified atom stereocenters. The second-order valence-electron chi connectivity index (χ2n) is 7.63. The molecule has 0 atom stereocenters. The monoisotopic (exact) mass is 481 g/mol. The Morgan fingerprint density at radius 1 is 1.06 bits per heavy atom. The predicted octanol–water partition coefficient (Wildman–Crippen LogP) is 6.16. The van der Waals surface area contributed by atoms with Crippen LogP contribution in [0.3, 0.4) is 0 Å². The second-order valence-corrected chi connectivity index (χ2v) is 8.62. The van der Waals surface area contributed by atoms with Gasteiger partial charge in [-0.2, -0.15) is 11.8 Å². The summed E-state index contributed by atoms with van der Waals surface area (Å²) >= 11 is 1.61. The quantitative estimate of drug-likeness (QED) is 0.233. The molecule has 0 bridgehead atoms. The van der Waals surface area contributed by atoms with Crippen molar-refractivity contribution in [1.29, 1.82) is 0 Å². The van der Waals surface area contributed by atoms with Crippen LogP contribution in [0.1, 0.15) is 35.4 Å². The van der Waals surface area contributed by atoms with Gasteiger partial charge in [0, 0.05) is 17.6 Å². The molecule has 178 valence electrons. The third-order valence-corrected chi connectivity index (χ3v) is 6.05. The van der Waals surface area contributed by atoms with Gasteiger partial charge in [0.15, 0.2) is 0 Å². The van der Waals surface area contributed by atoms with Gasteiger partial charge in [-0.1, -0.05) is 24.3 Å². The van der Waals surface area contributed by atoms with E-state index in [2.05, 4.69) is 17.1 Å². The van der Waals surface area contributed by atoms with E-state index in [0.29, 0.717) is 29.6 Å². The molecule has 0 radical (unpaired) electrons. The standard InChI is InChI=1S/C27H28FNO4S/c1-32-24-11-8-20(9-12-24)5-2-3-16-33-26-14-10-23(29-25(26)13-15-27(30)31)19-34-18-21-6-4-7-22(28)17-21/h4,6-15,17H,2-3,5,16,18-19H2,1H3,(H,30,31). The van der Waals surface area contributed by atoms with Crippen LogP contribution in [0.4, 0.5) is 4.39 Å². The molecule has 7 heteroatoms. The fourth-order valence-corrected chi connectivity index (χ4v) is 4.17. The number of rotatable bonds is 13. The zero-order chi connectivity index (χ0) is 24.2. The van der Waals surface area contributed by atoms with Crippen LogP contribution in [0.15, 0.2) is 66.7 Å². The minimum absolute atomic E-state index is 0.247. The van der Waals surface area contributed by atoms with Crippen LogP contribution >= 0.6 is 11.8 Å². The van der Waals surface area contributed by atoms with E-state index in [1.165, 1.54) is 23.8 Å². The summed E-state index contributed by atoms with van der Waals surface area (Å²) in [4.78, 5) is 15.6. The lowest BCUT2D eigenvalue weighted by Gasteiger charge is -2.11. The van der Waals surface area contributed by atoms with Crippen molar-refractivity contribution in [2.45, 2.75) is 30.8 Å². The van der Waals surface area contributed by atoms with Gasteiger partial charge in [-0.3, -0.25) is 0 Å². The molecule has 1 heterocycles. The molecule has 0 amide bonds. The van der Waals surface area contributed by atoms with Crippen LogP contribution in [0.5, 0.6) is 11.5 Å². The molecule has 2 aromatic carbocycles. The molecular formula is C27H28FNO4S. The number of thioether (sulfide) groups is 1. The summed E-state index contributed by atoms with van der Waals surface area (Å²) in [6, 6.07) is 18.3. The number of carboxylic acids is 1. The van der Waals surface area contributed by atoms with Crippen LogP contribution in [0, 0.1) is 5.82 Å². The number of carbonyl (C=O) groups is 1. The Hall–Kier alpha value is -3.32. The molecule has 0 aliphatic heterocycles. The molecule has 0 fully saturated rings. The number of benzene rings is 2. The Morgan fingerprint density at radius 2 is 1.88 bits per heavy atom. The van der Waals surface area contributed by atoms with E-state index < -0.39 is 5.97 Å². The Bertz CT molecular complexity index is 1100. The van der Waals surface area contributed by atoms with E-state index in [9.17, 15) is 9.18 Å². The first kappa shape index (κ1) is 25.3. The highest BCUT2D eigenvalue weighted by atomic mass is 32.2. The number of aryl methyl sites for hydroxylation is 1. The number of hydrogen-bond acceptors (Lipinski definition) is 5. The average Bonchev–Trinajstić information content (AvgIpc) is 2.84. The minimum Gasteiger partial charge on any atom is -0.497 e. The largest absolute Gasteiger partial charge is 0.497 e. The Kier molecular flexibility index (Phi) is 9.98. The molecule has 34 heavy (non-hydrogen) atoms. The number of unbranched alkanes of at least 4 members (excludes halogenated alkanes) is 1. The van der Waals surface area contributed by atoms with Crippen LogP contribution in [0.2, 0.25) is 0 Å². The van der Waals surface area contributed by atoms with E-state index in [-0.39, 0.29) is 5.82 Å². The van der Waals surface area contributed by atoms with Crippen molar-refractivity contribution in [3.63, 3.8) is 0 Å². The maximum atomic E-state index is 13.3. The molecule has 0 aliphatic carbocycles. The fraction of sp³-hybridized carbons (Fsp3) is 0.259. The first-order chi connectivity index (χ1) is 16.5. The molecule has 5 nitrogen and oxygen atoms in total. The Morgan fingerprint density at radius 3 is 2.62 bits per heavy atom. The van der Waals surface area contributed by atoms with Gasteiger partial charge in [0.1, 0.15) is 23.0 Å². The van der Waals surface area contributed by atoms with Crippen LogP contribution < -0.4 is 9.47 Å². The number of hydrogen-bond donors (Lipinski definition) is 1. The number of carboxylic acid groups (broad SMARTS) is 1. The number of halogens is 1. The van der Waals surface area contributed by atoms with E-state index >= 15 is 0 Å². The van der Waals surface area contributed by atoms with E-state index in [0.717, 1.165) is 42.3 Å². The molecule has 0 aliphatic rings. The molecule has 0 saturated carbocycles. The fourth-order valence-electron chi connectivity index (χ4n) is 3.28. The number of aromatic nitrogens is 1. The zero-order valence-corrected chi connectivity index (χ0v) is 19.9. The van der Waals surface area contributed by atoms with Crippen molar-refractivity contribution in [3.05, 3.63) is 95.1 Å². The van der Waals surface area contributed by atoms with Gasteiger partial charge < -0.3 is 14.6 Å². The lowest BCUT2D eigenvalue weighted by Crippen LogP contribution is -2.02. The van der Waals surface area contributed by atoms with Gasteiger partial charge in [-0.15, -0.1) is 0 Å². The van der Waals surface area contributed by atoms with Gasteiger partial charge in [-0.25, -0.2) is 14.2 Å². The van der Waals surface area contributed by atoms with Crippen LogP contribution in [-0.2, 0) is 22.7 Å². The van der Waals surface area contributed by atoms with Gasteiger partial charge in [0.25, 0.3) is 0 Å². The first-order valence-corrected chi connectivity index (χ1v) is 12.2. The lowest BCUT2D eigenvalue weighted by atomic mass is 10.1. The SMILES string of the molecule is COc1ccc(CCCCOc2ccc(CSCc3cccc(F)c3)nc2C=CC(=O)O)cc1. The van der Waals surface area contributed by atoms with Crippen LogP contribution in [0.25, 0.3) is 6.08 Å². The summed E-state index contributed by atoms with van der Waals surface area (Å²) < 4.78 is 24.4. The molecule has 0 saturated heterocycles. The normalized spacial score (nSPS) is 11.0. The van der Waals surface area contributed by atoms with Gasteiger partial charge in [-0.05, 0) is 72.9 Å². The predicted molar refractivity (Wildman–Crippen MR) is 134 cm³/mol. The van der Waals surface area contributed by atoms with Gasteiger partial charge in [0.05, 0.1) is 19.4 Å². The summed E-state index contributed by atoms with van der Waals surface area (Å²) in [6.07, 6.45) is 5.28. The van der Waals surface area contributed by atoms with Crippen molar-refractivity contribution in [2.75, 3.05) is 13.7 Å². The molecule has 1 N–H and O–H groups in total. The molecule has 1 aromatic heterocycles. The van der Waals surface area contributed by atoms with Crippen molar-refractivity contribution >= 4 is 23.8 Å². The summed E-state index contributed by atoms with van der Waals surface area (Å²) in [5, 5.41) is 9.01. The zero-order valence-electron chi connectivity index (χ0n) is 19.1. The number of ether oxygens (including phenoxy) is 2. The average molecular weight is 482 g/mol. The summed E-state index contributed by atoms with van der Waals surface area (Å²) in [7, 11) is 1.65. The van der Waals surface area contributed by atoms with Gasteiger partial charge >= 0.3 is 5.97 Å². The maximum Gasteiger partial charge on any atom is 0.328 e. The number of methoxy groups -OCH3 is 1. The highest BCUT2D eigenvalue weighted by Gasteiger charge is 2.07. The number of aliphatic carboxylic acids is 1. The van der Waals surface area contributed by atoms with E-state index in [1.807, 2.05) is 30.3 Å². The maximum absolute atomic E-state index is 13.3. The number of pyridine rings is 1. The van der Waals surface area contributed by atoms with Crippen molar-refractivity contribution in [3.8, 4) is 11.5 Å². The molecular weight excluding hydrogens is 453 g/mol. The van der Waals surface area contributed by atoms with Crippen molar-refractivity contribution < 1.29 is 23.8 Å². The second kappa shape index (κ2) is 13.4. The summed E-state index contributed by atoms with van der Waals surface area (Å²) in [6.45, 7) is 0.513. The summed E-state index contributed by atoms with van der Waals surface area (Å²) in [5.74, 6) is 1.39. The van der Waals surface area contributed by atoms with E-state index in [4.69, 9.17) is 14.6 Å². The van der Waals surface area contributed by atoms with Crippen molar-refractivity contribution in [2.24, 2.45) is 0 Å². The highest BCUT2D eigenvalue weighted by molar-refractivity contribution is 7.97. The summed E-state index contributed by atoms with van der Waals surface area (Å²) in [5.41, 5.74) is 3.44.